The largest absolute Gasteiger partial charge is 0.493 e. The Labute approximate surface area is 202 Å². The van der Waals surface area contributed by atoms with Crippen LogP contribution < -0.4 is 9.47 Å². The van der Waals surface area contributed by atoms with Gasteiger partial charge in [-0.2, -0.15) is 18.3 Å². The Balaban J connectivity index is 1.58. The zero-order chi connectivity index (χ0) is 25.7. The number of methoxy groups -OCH3 is 2. The van der Waals surface area contributed by atoms with E-state index in [4.69, 9.17) is 9.47 Å². The normalized spacial score (nSPS) is 13.8. The van der Waals surface area contributed by atoms with Gasteiger partial charge >= 0.3 is 6.18 Å². The van der Waals surface area contributed by atoms with Crippen molar-refractivity contribution in [3.8, 4) is 17.2 Å². The minimum Gasteiger partial charge on any atom is -0.493 e. The van der Waals surface area contributed by atoms with Crippen molar-refractivity contribution in [3.63, 3.8) is 0 Å². The molecule has 1 N–H and O–H groups in total. The molecule has 10 heteroatoms. The first-order valence-corrected chi connectivity index (χ1v) is 10.9. The van der Waals surface area contributed by atoms with Gasteiger partial charge in [0.25, 0.3) is 0 Å². The molecule has 0 bridgehead atoms. The Morgan fingerprint density at radius 1 is 0.861 bits per heavy atom. The third-order valence-electron chi connectivity index (χ3n) is 6.26. The number of aromatic nitrogens is 3. The predicted octanol–water partition coefficient (Wildman–Crippen LogP) is 5.59. The van der Waals surface area contributed by atoms with E-state index in [2.05, 4.69) is 5.10 Å². The van der Waals surface area contributed by atoms with Crippen LogP contribution in [0.4, 0.5) is 17.6 Å². The van der Waals surface area contributed by atoms with E-state index in [1.807, 2.05) is 0 Å². The maximum Gasteiger partial charge on any atom is 0.423 e. The standard InChI is InChI=1S/C26H21F4N3O3/c1-35-23-12-16-9-10-32(22(16)13-24(23)36-2)15-25(34,26(28,29)30)18-3-8-21-17(11-18)14-31-33(21)20-6-4-19(27)5-7-20/h3-14,34H,15H2,1-2H3. The first kappa shape index (κ1) is 23.7. The quantitative estimate of drug-likeness (QED) is 0.310. The Bertz CT molecular complexity index is 1560. The van der Waals surface area contributed by atoms with Gasteiger partial charge < -0.3 is 19.1 Å². The molecule has 1 unspecified atom stereocenters. The molecule has 6 nitrogen and oxygen atoms in total. The third-order valence-corrected chi connectivity index (χ3v) is 6.26. The second-order valence-electron chi connectivity index (χ2n) is 8.37. The highest BCUT2D eigenvalue weighted by Gasteiger charge is 2.55. The number of fused-ring (bicyclic) bond motifs is 2. The number of ether oxygens (including phenoxy) is 2. The average Bonchev–Trinajstić information content (AvgIpc) is 3.46. The third kappa shape index (κ3) is 3.83. The summed E-state index contributed by atoms with van der Waals surface area (Å²) in [5, 5.41) is 16.4. The predicted molar refractivity (Wildman–Crippen MR) is 126 cm³/mol. The van der Waals surface area contributed by atoms with Gasteiger partial charge in [0.05, 0.1) is 43.7 Å². The Kier molecular flexibility index (Phi) is 5.63. The summed E-state index contributed by atoms with van der Waals surface area (Å²) in [5.41, 5.74) is -2.02. The van der Waals surface area contributed by atoms with Gasteiger partial charge in [-0.1, -0.05) is 6.07 Å². The molecule has 5 aromatic rings. The van der Waals surface area contributed by atoms with E-state index in [-0.39, 0.29) is 5.56 Å². The minimum absolute atomic E-state index is 0.330. The van der Waals surface area contributed by atoms with Crippen LogP contribution in [0.3, 0.4) is 0 Å². The maximum atomic E-state index is 14.4. The number of hydrogen-bond donors (Lipinski definition) is 1. The van der Waals surface area contributed by atoms with Gasteiger partial charge in [-0.25, -0.2) is 9.07 Å². The summed E-state index contributed by atoms with van der Waals surface area (Å²) in [6.45, 7) is -0.785. The van der Waals surface area contributed by atoms with Crippen LogP contribution in [0.2, 0.25) is 0 Å². The molecular weight excluding hydrogens is 478 g/mol. The SMILES string of the molecule is COc1cc2ccn(CC(O)(c3ccc4c(cnn4-c4ccc(F)cc4)c3)C(F)(F)F)c2cc1OC. The number of halogens is 4. The molecule has 0 radical (unpaired) electrons. The summed E-state index contributed by atoms with van der Waals surface area (Å²) in [6, 6.07) is 14.4. The van der Waals surface area contributed by atoms with Crippen LogP contribution in [0.5, 0.6) is 11.5 Å². The van der Waals surface area contributed by atoms with Crippen molar-refractivity contribution in [1.82, 2.24) is 14.3 Å². The first-order valence-electron chi connectivity index (χ1n) is 10.9. The molecule has 36 heavy (non-hydrogen) atoms. The Morgan fingerprint density at radius 2 is 1.56 bits per heavy atom. The van der Waals surface area contributed by atoms with Crippen molar-refractivity contribution in [2.45, 2.75) is 18.3 Å². The monoisotopic (exact) mass is 499 g/mol. The lowest BCUT2D eigenvalue weighted by Gasteiger charge is -2.32. The summed E-state index contributed by atoms with van der Waals surface area (Å²) >= 11 is 0. The summed E-state index contributed by atoms with van der Waals surface area (Å²) in [6.07, 6.45) is -2.10. The smallest absolute Gasteiger partial charge is 0.423 e. The van der Waals surface area contributed by atoms with Gasteiger partial charge in [0.15, 0.2) is 11.5 Å². The topological polar surface area (TPSA) is 61.4 Å². The number of rotatable bonds is 6. The molecule has 5 rings (SSSR count). The highest BCUT2D eigenvalue weighted by atomic mass is 19.4. The van der Waals surface area contributed by atoms with Crippen molar-refractivity contribution < 1.29 is 32.1 Å². The van der Waals surface area contributed by atoms with Crippen LogP contribution in [0.25, 0.3) is 27.5 Å². The molecule has 1 atom stereocenters. The fraction of sp³-hybridized carbons (Fsp3) is 0.192. The van der Waals surface area contributed by atoms with E-state index in [1.54, 1.807) is 18.2 Å². The molecule has 2 heterocycles. The van der Waals surface area contributed by atoms with Gasteiger partial charge in [-0.3, -0.25) is 0 Å². The fourth-order valence-electron chi connectivity index (χ4n) is 4.32. The van der Waals surface area contributed by atoms with E-state index in [1.165, 1.54) is 78.3 Å². The molecule has 186 valence electrons. The van der Waals surface area contributed by atoms with Gasteiger partial charge in [0.2, 0.25) is 5.60 Å². The van der Waals surface area contributed by atoms with Gasteiger partial charge in [-0.15, -0.1) is 0 Å². The highest BCUT2D eigenvalue weighted by Crippen LogP contribution is 2.42. The van der Waals surface area contributed by atoms with Crippen molar-refractivity contribution in [3.05, 3.63) is 84.4 Å². The van der Waals surface area contributed by atoms with Gasteiger partial charge in [-0.05, 0) is 54.1 Å². The zero-order valence-corrected chi connectivity index (χ0v) is 19.3. The van der Waals surface area contributed by atoms with E-state index in [0.717, 1.165) is 0 Å². The van der Waals surface area contributed by atoms with E-state index in [0.29, 0.717) is 39.0 Å². The number of alkyl halides is 3. The second kappa shape index (κ2) is 8.56. The summed E-state index contributed by atoms with van der Waals surface area (Å²) < 4.78 is 69.8. The number of benzene rings is 3. The van der Waals surface area contributed by atoms with Gasteiger partial charge in [0, 0.05) is 23.0 Å². The van der Waals surface area contributed by atoms with Crippen LogP contribution in [-0.2, 0) is 12.1 Å². The summed E-state index contributed by atoms with van der Waals surface area (Å²) in [4.78, 5) is 0. The molecule has 0 fully saturated rings. The van der Waals surface area contributed by atoms with Crippen LogP contribution in [0.15, 0.2) is 73.1 Å². The van der Waals surface area contributed by atoms with Gasteiger partial charge in [0.1, 0.15) is 5.82 Å². The van der Waals surface area contributed by atoms with Crippen LogP contribution in [0, 0.1) is 5.82 Å². The minimum atomic E-state index is -4.99. The molecule has 3 aromatic carbocycles. The van der Waals surface area contributed by atoms with Crippen molar-refractivity contribution in [1.29, 1.82) is 0 Å². The van der Waals surface area contributed by atoms with E-state index < -0.39 is 24.1 Å². The Hall–Kier alpha value is -4.05. The van der Waals surface area contributed by atoms with Crippen LogP contribution in [0.1, 0.15) is 5.56 Å². The molecule has 0 saturated heterocycles. The van der Waals surface area contributed by atoms with E-state index >= 15 is 0 Å². The number of nitrogens with zero attached hydrogens (tertiary/aromatic N) is 3. The lowest BCUT2D eigenvalue weighted by atomic mass is 9.91. The second-order valence-corrected chi connectivity index (χ2v) is 8.37. The molecule has 2 aromatic heterocycles. The molecule has 0 aliphatic heterocycles. The van der Waals surface area contributed by atoms with Crippen molar-refractivity contribution in [2.24, 2.45) is 0 Å². The Morgan fingerprint density at radius 3 is 2.22 bits per heavy atom. The van der Waals surface area contributed by atoms with E-state index in [9.17, 15) is 22.7 Å². The van der Waals surface area contributed by atoms with Crippen molar-refractivity contribution in [2.75, 3.05) is 14.2 Å². The molecule has 0 spiro atoms. The average molecular weight is 499 g/mol. The lowest BCUT2D eigenvalue weighted by Crippen LogP contribution is -2.45. The molecule has 0 aliphatic rings. The fourth-order valence-corrected chi connectivity index (χ4v) is 4.32. The lowest BCUT2D eigenvalue weighted by molar-refractivity contribution is -0.271. The van der Waals surface area contributed by atoms with Crippen molar-refractivity contribution >= 4 is 21.8 Å². The maximum absolute atomic E-state index is 14.4. The molecular formula is C26H21F4N3O3. The highest BCUT2D eigenvalue weighted by molar-refractivity contribution is 5.84. The molecule has 0 aliphatic carbocycles. The van der Waals surface area contributed by atoms with Crippen LogP contribution >= 0.6 is 0 Å². The number of aliphatic hydroxyl groups is 1. The summed E-state index contributed by atoms with van der Waals surface area (Å²) in [5.74, 6) is 0.383. The van der Waals surface area contributed by atoms with Crippen LogP contribution in [-0.4, -0.2) is 39.9 Å². The molecule has 0 saturated carbocycles. The summed E-state index contributed by atoms with van der Waals surface area (Å²) in [7, 11) is 2.90. The zero-order valence-electron chi connectivity index (χ0n) is 19.3. The number of hydrogen-bond acceptors (Lipinski definition) is 4. The molecule has 0 amide bonds. The first-order chi connectivity index (χ1) is 17.1.